The topological polar surface area (TPSA) is 27.1 Å². The van der Waals surface area contributed by atoms with Gasteiger partial charge in [0.05, 0.1) is 18.0 Å². The van der Waals surface area contributed by atoms with E-state index in [0.29, 0.717) is 19.0 Å². The summed E-state index contributed by atoms with van der Waals surface area (Å²) in [7, 11) is 0. The van der Waals surface area contributed by atoms with Crippen molar-refractivity contribution in [2.24, 2.45) is 0 Å². The number of nitrogens with zero attached hydrogens (tertiary/aromatic N) is 2. The molecule has 4 heteroatoms. The van der Waals surface area contributed by atoms with E-state index in [4.69, 9.17) is 16.3 Å². The first-order chi connectivity index (χ1) is 9.29. The van der Waals surface area contributed by atoms with Gasteiger partial charge in [-0.2, -0.15) is 5.10 Å². The molecule has 19 heavy (non-hydrogen) atoms. The van der Waals surface area contributed by atoms with E-state index in [1.54, 1.807) is 6.20 Å². The Kier molecular flexibility index (Phi) is 4.88. The van der Waals surface area contributed by atoms with Crippen LogP contribution >= 0.6 is 11.6 Å². The molecule has 1 heterocycles. The maximum atomic E-state index is 5.76. The highest BCUT2D eigenvalue weighted by Gasteiger charge is 2.02. The maximum Gasteiger partial charge on any atom is 0.135 e. The fraction of sp³-hybridized carbons (Fsp3) is 0.267. The lowest BCUT2D eigenvalue weighted by atomic mass is 10.1. The Labute approximate surface area is 118 Å². The molecule has 0 amide bonds. The molecule has 0 spiro atoms. The zero-order valence-corrected chi connectivity index (χ0v) is 11.5. The Balaban J connectivity index is 2.02. The SMILES string of the molecule is Cc1ccc(OCCn2cccn2)c(C#CCCl)c1. The number of aromatic nitrogens is 2. The first-order valence-electron chi connectivity index (χ1n) is 6.05. The van der Waals surface area contributed by atoms with Crippen LogP contribution in [0.25, 0.3) is 0 Å². The molecule has 0 radical (unpaired) electrons. The second-order valence-electron chi connectivity index (χ2n) is 4.05. The van der Waals surface area contributed by atoms with Crippen molar-refractivity contribution in [1.29, 1.82) is 0 Å². The minimum atomic E-state index is 0.320. The van der Waals surface area contributed by atoms with Crippen LogP contribution in [0.4, 0.5) is 0 Å². The largest absolute Gasteiger partial charge is 0.490 e. The molecule has 0 fully saturated rings. The maximum absolute atomic E-state index is 5.76. The number of rotatable bonds is 4. The molecule has 2 aromatic rings. The molecule has 1 aromatic heterocycles. The van der Waals surface area contributed by atoms with Gasteiger partial charge in [0.25, 0.3) is 0 Å². The molecule has 0 saturated carbocycles. The summed E-state index contributed by atoms with van der Waals surface area (Å²) in [6.45, 7) is 3.29. The number of hydrogen-bond donors (Lipinski definition) is 0. The Morgan fingerprint density at radius 2 is 2.32 bits per heavy atom. The fourth-order valence-corrected chi connectivity index (χ4v) is 1.74. The van der Waals surface area contributed by atoms with Crippen LogP contribution in [0.1, 0.15) is 11.1 Å². The monoisotopic (exact) mass is 274 g/mol. The Morgan fingerprint density at radius 3 is 3.05 bits per heavy atom. The lowest BCUT2D eigenvalue weighted by Gasteiger charge is -2.09. The van der Waals surface area contributed by atoms with Crippen LogP contribution < -0.4 is 4.74 Å². The zero-order chi connectivity index (χ0) is 13.5. The van der Waals surface area contributed by atoms with E-state index in [1.165, 1.54) is 0 Å². The first-order valence-corrected chi connectivity index (χ1v) is 6.59. The third-order valence-corrected chi connectivity index (χ3v) is 2.70. The van der Waals surface area contributed by atoms with E-state index >= 15 is 0 Å². The van der Waals surface area contributed by atoms with Crippen LogP contribution in [0.3, 0.4) is 0 Å². The predicted molar refractivity (Wildman–Crippen MR) is 76.5 cm³/mol. The molecular formula is C15H15ClN2O. The minimum absolute atomic E-state index is 0.320. The Hall–Kier alpha value is -1.92. The standard InChI is InChI=1S/C15H15ClN2O/c1-13-5-6-15(14(12-13)4-2-7-16)19-11-10-18-9-3-8-17-18/h3,5-6,8-9,12H,7,10-11H2,1H3. The lowest BCUT2D eigenvalue weighted by Crippen LogP contribution is -2.09. The quantitative estimate of drug-likeness (QED) is 0.633. The number of aryl methyl sites for hydroxylation is 1. The van der Waals surface area contributed by atoms with Crippen LogP contribution in [-0.4, -0.2) is 22.3 Å². The number of hydrogen-bond acceptors (Lipinski definition) is 2. The highest BCUT2D eigenvalue weighted by molar-refractivity contribution is 6.19. The summed E-state index contributed by atoms with van der Waals surface area (Å²) in [4.78, 5) is 0. The van der Waals surface area contributed by atoms with E-state index in [9.17, 15) is 0 Å². The highest BCUT2D eigenvalue weighted by Crippen LogP contribution is 2.19. The van der Waals surface area contributed by atoms with Crippen LogP contribution in [0.5, 0.6) is 5.75 Å². The van der Waals surface area contributed by atoms with Gasteiger partial charge in [-0.25, -0.2) is 0 Å². The normalized spacial score (nSPS) is 9.79. The smallest absolute Gasteiger partial charge is 0.135 e. The molecule has 0 saturated heterocycles. The van der Waals surface area contributed by atoms with Crippen molar-refractivity contribution in [3.8, 4) is 17.6 Å². The molecule has 3 nitrogen and oxygen atoms in total. The first kappa shape index (κ1) is 13.5. The van der Waals surface area contributed by atoms with Crippen molar-refractivity contribution in [3.05, 3.63) is 47.8 Å². The van der Waals surface area contributed by atoms with Gasteiger partial charge in [-0.15, -0.1) is 11.6 Å². The number of benzene rings is 1. The summed E-state index contributed by atoms with van der Waals surface area (Å²) in [6, 6.07) is 7.85. The van der Waals surface area contributed by atoms with Gasteiger partial charge in [-0.1, -0.05) is 17.9 Å². The van der Waals surface area contributed by atoms with Crippen molar-refractivity contribution in [3.63, 3.8) is 0 Å². The Bertz CT molecular complexity index is 582. The number of alkyl halides is 1. The molecule has 0 aliphatic carbocycles. The van der Waals surface area contributed by atoms with E-state index in [2.05, 4.69) is 16.9 Å². The van der Waals surface area contributed by atoms with Crippen molar-refractivity contribution in [1.82, 2.24) is 9.78 Å². The summed E-state index contributed by atoms with van der Waals surface area (Å²) in [6.07, 6.45) is 3.66. The van der Waals surface area contributed by atoms with Gasteiger partial charge in [0.2, 0.25) is 0 Å². The van der Waals surface area contributed by atoms with E-state index in [1.807, 2.05) is 42.1 Å². The average molecular weight is 275 g/mol. The third kappa shape index (κ3) is 4.04. The van der Waals surface area contributed by atoms with Crippen molar-refractivity contribution in [2.75, 3.05) is 12.5 Å². The zero-order valence-electron chi connectivity index (χ0n) is 10.8. The van der Waals surface area contributed by atoms with Gasteiger partial charge in [-0.3, -0.25) is 4.68 Å². The van der Waals surface area contributed by atoms with Gasteiger partial charge in [0, 0.05) is 12.4 Å². The van der Waals surface area contributed by atoms with Gasteiger partial charge in [0.15, 0.2) is 0 Å². The van der Waals surface area contributed by atoms with Crippen LogP contribution in [-0.2, 0) is 6.54 Å². The molecule has 0 unspecified atom stereocenters. The van der Waals surface area contributed by atoms with Crippen LogP contribution in [0.2, 0.25) is 0 Å². The molecule has 98 valence electrons. The lowest BCUT2D eigenvalue weighted by molar-refractivity contribution is 0.290. The molecule has 1 aromatic carbocycles. The Morgan fingerprint density at radius 1 is 1.42 bits per heavy atom. The van der Waals surface area contributed by atoms with Crippen molar-refractivity contribution in [2.45, 2.75) is 13.5 Å². The van der Waals surface area contributed by atoms with E-state index in [0.717, 1.165) is 16.9 Å². The summed E-state index contributed by atoms with van der Waals surface area (Å²) in [5.41, 5.74) is 2.03. The molecule has 0 atom stereocenters. The number of ether oxygens (including phenoxy) is 1. The van der Waals surface area contributed by atoms with Crippen molar-refractivity contribution < 1.29 is 4.74 Å². The van der Waals surface area contributed by atoms with E-state index < -0.39 is 0 Å². The fourth-order valence-electron chi connectivity index (χ4n) is 1.68. The van der Waals surface area contributed by atoms with Gasteiger partial charge < -0.3 is 4.74 Å². The predicted octanol–water partition coefficient (Wildman–Crippen LogP) is 2.86. The second-order valence-corrected chi connectivity index (χ2v) is 4.32. The summed E-state index contributed by atoms with van der Waals surface area (Å²) >= 11 is 5.59. The van der Waals surface area contributed by atoms with Gasteiger partial charge in [0.1, 0.15) is 12.4 Å². The highest BCUT2D eigenvalue weighted by atomic mass is 35.5. The summed E-state index contributed by atoms with van der Waals surface area (Å²) in [5.74, 6) is 6.98. The van der Waals surface area contributed by atoms with Crippen LogP contribution in [0.15, 0.2) is 36.7 Å². The molecule has 2 rings (SSSR count). The van der Waals surface area contributed by atoms with Gasteiger partial charge >= 0.3 is 0 Å². The molecule has 0 bridgehead atoms. The van der Waals surface area contributed by atoms with Crippen molar-refractivity contribution >= 4 is 11.6 Å². The van der Waals surface area contributed by atoms with E-state index in [-0.39, 0.29) is 0 Å². The van der Waals surface area contributed by atoms with Crippen LogP contribution in [0, 0.1) is 18.8 Å². The third-order valence-electron chi connectivity index (χ3n) is 2.56. The average Bonchev–Trinajstić information content (AvgIpc) is 2.91. The molecule has 0 aliphatic heterocycles. The minimum Gasteiger partial charge on any atom is -0.490 e. The summed E-state index contributed by atoms with van der Waals surface area (Å²) < 4.78 is 7.59. The molecular weight excluding hydrogens is 260 g/mol. The molecule has 0 aliphatic rings. The van der Waals surface area contributed by atoms with Gasteiger partial charge in [-0.05, 0) is 30.7 Å². The number of halogens is 1. The summed E-state index contributed by atoms with van der Waals surface area (Å²) in [5, 5.41) is 4.12. The second kappa shape index (κ2) is 6.86. The molecule has 0 N–H and O–H groups in total.